The van der Waals surface area contributed by atoms with Crippen LogP contribution in [0.1, 0.15) is 32.6 Å². The number of hydrogen-bond acceptors (Lipinski definition) is 4. The van der Waals surface area contributed by atoms with Gasteiger partial charge in [0.1, 0.15) is 0 Å². The monoisotopic (exact) mass is 279 g/mol. The van der Waals surface area contributed by atoms with Crippen LogP contribution in [0.25, 0.3) is 0 Å². The van der Waals surface area contributed by atoms with Crippen LogP contribution >= 0.6 is 0 Å². The van der Waals surface area contributed by atoms with Crippen LogP contribution in [0.4, 0.5) is 10.6 Å². The van der Waals surface area contributed by atoms with Gasteiger partial charge in [-0.15, -0.1) is 5.10 Å². The molecular weight excluding hydrogens is 258 g/mol. The first-order chi connectivity index (χ1) is 9.54. The number of rotatable bonds is 4. The molecule has 1 heterocycles. The van der Waals surface area contributed by atoms with Gasteiger partial charge >= 0.3 is 6.09 Å². The van der Waals surface area contributed by atoms with Crippen molar-refractivity contribution in [1.82, 2.24) is 10.2 Å². The molecule has 0 aromatic carbocycles. The molecule has 0 saturated heterocycles. The van der Waals surface area contributed by atoms with Gasteiger partial charge in [0.25, 0.3) is 0 Å². The van der Waals surface area contributed by atoms with E-state index in [1.807, 2.05) is 0 Å². The number of hydrogen-bond donors (Lipinski definition) is 2. The van der Waals surface area contributed by atoms with E-state index in [4.69, 9.17) is 0 Å². The van der Waals surface area contributed by atoms with Crippen LogP contribution in [0.2, 0.25) is 0 Å². The third-order valence-corrected chi connectivity index (χ3v) is 4.18. The number of aliphatic hydroxyl groups is 1. The summed E-state index contributed by atoms with van der Waals surface area (Å²) in [7, 11) is 0. The van der Waals surface area contributed by atoms with Crippen LogP contribution in [0.15, 0.2) is 18.3 Å². The molecule has 1 amide bonds. The molecule has 1 aromatic heterocycles. The first-order valence-corrected chi connectivity index (χ1v) is 6.93. The standard InChI is InChI=1S/C14H21N3O3/c1-14(6-4-11(9-18)5-7-14)10-17(13(19)20)12-3-2-8-15-16-12/h2-3,8,11,18H,4-7,9-10H2,1H3,(H,19,20). The van der Waals surface area contributed by atoms with Gasteiger partial charge in [-0.1, -0.05) is 6.92 Å². The maximum atomic E-state index is 11.5. The highest BCUT2D eigenvalue weighted by atomic mass is 16.4. The molecule has 0 bridgehead atoms. The Balaban J connectivity index is 2.07. The summed E-state index contributed by atoms with van der Waals surface area (Å²) in [6.45, 7) is 2.75. The number of carboxylic acid groups (broad SMARTS) is 1. The summed E-state index contributed by atoms with van der Waals surface area (Å²) in [4.78, 5) is 12.7. The first-order valence-electron chi connectivity index (χ1n) is 6.93. The second-order valence-corrected chi connectivity index (χ2v) is 5.89. The number of carbonyl (C=O) groups is 1. The zero-order valence-electron chi connectivity index (χ0n) is 11.7. The van der Waals surface area contributed by atoms with E-state index in [2.05, 4.69) is 17.1 Å². The highest BCUT2D eigenvalue weighted by Gasteiger charge is 2.34. The number of nitrogens with zero attached hydrogens (tertiary/aromatic N) is 3. The van der Waals surface area contributed by atoms with Crippen LogP contribution in [0.3, 0.4) is 0 Å². The van der Waals surface area contributed by atoms with Gasteiger partial charge in [-0.25, -0.2) is 4.79 Å². The summed E-state index contributed by atoms with van der Waals surface area (Å²) in [6, 6.07) is 3.34. The van der Waals surface area contributed by atoms with Crippen LogP contribution in [-0.4, -0.2) is 39.7 Å². The molecule has 0 atom stereocenters. The molecule has 6 nitrogen and oxygen atoms in total. The zero-order chi connectivity index (χ0) is 14.6. The highest BCUT2D eigenvalue weighted by molar-refractivity contribution is 5.84. The van der Waals surface area contributed by atoms with E-state index >= 15 is 0 Å². The van der Waals surface area contributed by atoms with Crippen molar-refractivity contribution in [3.8, 4) is 0 Å². The summed E-state index contributed by atoms with van der Waals surface area (Å²) in [5.74, 6) is 0.725. The zero-order valence-corrected chi connectivity index (χ0v) is 11.7. The molecule has 110 valence electrons. The van der Waals surface area contributed by atoms with Gasteiger partial charge in [0.05, 0.1) is 0 Å². The molecule has 2 rings (SSSR count). The third kappa shape index (κ3) is 3.45. The SMILES string of the molecule is CC1(CN(C(=O)O)c2cccnn2)CCC(CO)CC1. The van der Waals surface area contributed by atoms with E-state index in [0.29, 0.717) is 18.3 Å². The molecule has 1 aromatic rings. The number of anilines is 1. The van der Waals surface area contributed by atoms with Crippen LogP contribution in [0.5, 0.6) is 0 Å². The predicted molar refractivity (Wildman–Crippen MR) is 74.6 cm³/mol. The summed E-state index contributed by atoms with van der Waals surface area (Å²) in [5.41, 5.74) is -0.0679. The molecule has 20 heavy (non-hydrogen) atoms. The van der Waals surface area contributed by atoms with Crippen molar-refractivity contribution in [2.24, 2.45) is 11.3 Å². The second kappa shape index (κ2) is 6.17. The Hall–Kier alpha value is -1.69. The lowest BCUT2D eigenvalue weighted by atomic mass is 9.71. The number of aliphatic hydroxyl groups excluding tert-OH is 1. The average Bonchev–Trinajstić information content (AvgIpc) is 2.46. The number of amides is 1. The van der Waals surface area contributed by atoms with E-state index in [-0.39, 0.29) is 12.0 Å². The molecule has 1 aliphatic rings. The fourth-order valence-corrected chi connectivity index (χ4v) is 2.78. The van der Waals surface area contributed by atoms with Gasteiger partial charge in [-0.2, -0.15) is 5.10 Å². The normalized spacial score (nSPS) is 26.2. The van der Waals surface area contributed by atoms with E-state index in [9.17, 15) is 15.0 Å². The Labute approximate surface area is 118 Å². The van der Waals surface area contributed by atoms with Crippen molar-refractivity contribution >= 4 is 11.9 Å². The van der Waals surface area contributed by atoms with E-state index in [0.717, 1.165) is 25.7 Å². The maximum Gasteiger partial charge on any atom is 0.413 e. The van der Waals surface area contributed by atoms with E-state index in [1.54, 1.807) is 12.1 Å². The smallest absolute Gasteiger partial charge is 0.413 e. The molecule has 1 aliphatic carbocycles. The molecule has 0 aliphatic heterocycles. The summed E-state index contributed by atoms with van der Waals surface area (Å²) >= 11 is 0. The average molecular weight is 279 g/mol. The molecule has 6 heteroatoms. The fraction of sp³-hybridized carbons (Fsp3) is 0.643. The van der Waals surface area contributed by atoms with Crippen LogP contribution in [0, 0.1) is 11.3 Å². The Bertz CT molecular complexity index is 444. The topological polar surface area (TPSA) is 86.6 Å². The Morgan fingerprint density at radius 2 is 2.20 bits per heavy atom. The van der Waals surface area contributed by atoms with Gasteiger partial charge in [-0.05, 0) is 49.1 Å². The predicted octanol–water partition coefficient (Wildman–Crippen LogP) is 2.15. The lowest BCUT2D eigenvalue weighted by Gasteiger charge is -2.39. The van der Waals surface area contributed by atoms with Crippen LogP contribution < -0.4 is 4.90 Å². The molecule has 2 N–H and O–H groups in total. The third-order valence-electron chi connectivity index (χ3n) is 4.18. The summed E-state index contributed by atoms with van der Waals surface area (Å²) < 4.78 is 0. The largest absolute Gasteiger partial charge is 0.465 e. The maximum absolute atomic E-state index is 11.5. The van der Waals surface area contributed by atoms with Gasteiger partial charge in [0, 0.05) is 19.3 Å². The van der Waals surface area contributed by atoms with Gasteiger partial charge in [0.2, 0.25) is 0 Å². The molecule has 0 unspecified atom stereocenters. The van der Waals surface area contributed by atoms with E-state index in [1.165, 1.54) is 11.1 Å². The molecular formula is C14H21N3O3. The lowest BCUT2D eigenvalue weighted by Crippen LogP contribution is -2.42. The minimum absolute atomic E-state index is 0.0679. The van der Waals surface area contributed by atoms with Crippen LogP contribution in [-0.2, 0) is 0 Å². The highest BCUT2D eigenvalue weighted by Crippen LogP contribution is 2.39. The Morgan fingerprint density at radius 3 is 2.70 bits per heavy atom. The molecule has 1 saturated carbocycles. The minimum Gasteiger partial charge on any atom is -0.465 e. The Morgan fingerprint density at radius 1 is 1.50 bits per heavy atom. The van der Waals surface area contributed by atoms with Crippen molar-refractivity contribution in [2.45, 2.75) is 32.6 Å². The van der Waals surface area contributed by atoms with E-state index < -0.39 is 6.09 Å². The fourth-order valence-electron chi connectivity index (χ4n) is 2.78. The van der Waals surface area contributed by atoms with Gasteiger partial charge in [-0.3, -0.25) is 4.90 Å². The molecule has 0 spiro atoms. The van der Waals surface area contributed by atoms with Gasteiger partial charge < -0.3 is 10.2 Å². The van der Waals surface area contributed by atoms with Crippen molar-refractivity contribution < 1.29 is 15.0 Å². The Kier molecular flexibility index (Phi) is 4.54. The minimum atomic E-state index is -1.00. The second-order valence-electron chi connectivity index (χ2n) is 5.89. The quantitative estimate of drug-likeness (QED) is 0.882. The lowest BCUT2D eigenvalue weighted by molar-refractivity contribution is 0.121. The summed E-state index contributed by atoms with van der Waals surface area (Å²) in [6.07, 6.45) is 4.25. The van der Waals surface area contributed by atoms with Crippen molar-refractivity contribution in [1.29, 1.82) is 0 Å². The summed E-state index contributed by atoms with van der Waals surface area (Å²) in [5, 5.41) is 26.2. The molecule has 1 fully saturated rings. The van der Waals surface area contributed by atoms with Crippen molar-refractivity contribution in [3.63, 3.8) is 0 Å². The first kappa shape index (κ1) is 14.7. The van der Waals surface area contributed by atoms with Crippen molar-refractivity contribution in [3.05, 3.63) is 18.3 Å². The molecule has 0 radical (unpaired) electrons. The van der Waals surface area contributed by atoms with Gasteiger partial charge in [0.15, 0.2) is 5.82 Å². The van der Waals surface area contributed by atoms with Crippen molar-refractivity contribution in [2.75, 3.05) is 18.1 Å². The number of aromatic nitrogens is 2.